The van der Waals surface area contributed by atoms with Gasteiger partial charge in [-0.15, -0.1) is 0 Å². The highest BCUT2D eigenvalue weighted by molar-refractivity contribution is 6.30. The van der Waals surface area contributed by atoms with Crippen molar-refractivity contribution in [3.63, 3.8) is 0 Å². The van der Waals surface area contributed by atoms with E-state index in [4.69, 9.17) is 21.6 Å². The second kappa shape index (κ2) is 4.86. The fourth-order valence-corrected chi connectivity index (χ4v) is 1.53. The van der Waals surface area contributed by atoms with Crippen LogP contribution in [-0.4, -0.2) is 4.98 Å². The maximum Gasteiger partial charge on any atom is 0.148 e. The van der Waals surface area contributed by atoms with Crippen molar-refractivity contribution in [1.82, 2.24) is 4.98 Å². The smallest absolute Gasteiger partial charge is 0.148 e. The standard InChI is InChI=1S/C13H9ClN2O/c1-9-12(3-2-6-16-9)17-13-7-11(14)5-4-10(13)8-15/h2-7H,1H3. The zero-order valence-electron chi connectivity index (χ0n) is 9.14. The third-order valence-electron chi connectivity index (χ3n) is 2.24. The average Bonchev–Trinajstić information content (AvgIpc) is 2.32. The minimum Gasteiger partial charge on any atom is -0.454 e. The summed E-state index contributed by atoms with van der Waals surface area (Å²) >= 11 is 5.87. The molecule has 1 heterocycles. The molecule has 0 saturated carbocycles. The minimum absolute atomic E-state index is 0.441. The van der Waals surface area contributed by atoms with Gasteiger partial charge in [0.25, 0.3) is 0 Å². The number of aromatic nitrogens is 1. The first-order valence-corrected chi connectivity index (χ1v) is 5.37. The first-order valence-electron chi connectivity index (χ1n) is 5.00. The third kappa shape index (κ3) is 2.55. The van der Waals surface area contributed by atoms with E-state index >= 15 is 0 Å². The zero-order chi connectivity index (χ0) is 12.3. The Bertz CT molecular complexity index is 590. The number of benzene rings is 1. The highest BCUT2D eigenvalue weighted by Gasteiger charge is 2.07. The molecular weight excluding hydrogens is 236 g/mol. The molecule has 2 aromatic rings. The van der Waals surface area contributed by atoms with Crippen molar-refractivity contribution in [3.05, 3.63) is 52.8 Å². The topological polar surface area (TPSA) is 45.9 Å². The van der Waals surface area contributed by atoms with Gasteiger partial charge in [-0.3, -0.25) is 4.98 Å². The van der Waals surface area contributed by atoms with Crippen molar-refractivity contribution in [2.24, 2.45) is 0 Å². The van der Waals surface area contributed by atoms with Crippen LogP contribution in [0.4, 0.5) is 0 Å². The first-order chi connectivity index (χ1) is 8.20. The Hall–Kier alpha value is -2.05. The maximum atomic E-state index is 8.97. The van der Waals surface area contributed by atoms with Gasteiger partial charge in [0.05, 0.1) is 11.3 Å². The number of pyridine rings is 1. The van der Waals surface area contributed by atoms with Crippen LogP contribution in [0.2, 0.25) is 5.02 Å². The van der Waals surface area contributed by atoms with Crippen LogP contribution in [0.25, 0.3) is 0 Å². The molecule has 0 atom stereocenters. The summed E-state index contributed by atoms with van der Waals surface area (Å²) in [6.45, 7) is 1.84. The van der Waals surface area contributed by atoms with Crippen LogP contribution in [0.1, 0.15) is 11.3 Å². The van der Waals surface area contributed by atoms with Gasteiger partial charge in [-0.05, 0) is 31.2 Å². The summed E-state index contributed by atoms with van der Waals surface area (Å²) in [5.41, 5.74) is 1.20. The molecule has 0 spiro atoms. The highest BCUT2D eigenvalue weighted by Crippen LogP contribution is 2.28. The van der Waals surface area contributed by atoms with Gasteiger partial charge in [0.2, 0.25) is 0 Å². The summed E-state index contributed by atoms with van der Waals surface area (Å²) in [5.74, 6) is 1.06. The Morgan fingerprint density at radius 1 is 1.29 bits per heavy atom. The van der Waals surface area contributed by atoms with E-state index in [1.807, 2.05) is 6.92 Å². The Morgan fingerprint density at radius 3 is 2.82 bits per heavy atom. The fraction of sp³-hybridized carbons (Fsp3) is 0.0769. The van der Waals surface area contributed by atoms with Gasteiger partial charge in [0.15, 0.2) is 0 Å². The Balaban J connectivity index is 2.40. The van der Waals surface area contributed by atoms with Crippen molar-refractivity contribution in [2.45, 2.75) is 6.92 Å². The summed E-state index contributed by atoms with van der Waals surface area (Å²) in [4.78, 5) is 4.11. The van der Waals surface area contributed by atoms with E-state index in [0.717, 1.165) is 5.69 Å². The molecule has 1 aromatic heterocycles. The maximum absolute atomic E-state index is 8.97. The number of nitriles is 1. The lowest BCUT2D eigenvalue weighted by atomic mass is 10.2. The van der Waals surface area contributed by atoms with Crippen molar-refractivity contribution in [2.75, 3.05) is 0 Å². The molecule has 0 aliphatic rings. The van der Waals surface area contributed by atoms with Crippen LogP contribution in [0, 0.1) is 18.3 Å². The zero-order valence-corrected chi connectivity index (χ0v) is 9.90. The lowest BCUT2D eigenvalue weighted by molar-refractivity contribution is 0.474. The minimum atomic E-state index is 0.441. The lowest BCUT2D eigenvalue weighted by Crippen LogP contribution is -1.92. The molecule has 0 saturated heterocycles. The molecular formula is C13H9ClN2O. The molecule has 0 radical (unpaired) electrons. The van der Waals surface area contributed by atoms with Gasteiger partial charge >= 0.3 is 0 Å². The largest absolute Gasteiger partial charge is 0.454 e. The molecule has 0 N–H and O–H groups in total. The van der Waals surface area contributed by atoms with Crippen LogP contribution in [0.15, 0.2) is 36.5 Å². The third-order valence-corrected chi connectivity index (χ3v) is 2.48. The number of halogens is 1. The second-order valence-corrected chi connectivity index (χ2v) is 3.88. The Labute approximate surface area is 104 Å². The molecule has 17 heavy (non-hydrogen) atoms. The molecule has 0 fully saturated rings. The first kappa shape index (κ1) is 11.4. The number of ether oxygens (including phenoxy) is 1. The van der Waals surface area contributed by atoms with Crippen molar-refractivity contribution >= 4 is 11.6 Å². The Morgan fingerprint density at radius 2 is 2.12 bits per heavy atom. The molecule has 84 valence electrons. The van der Waals surface area contributed by atoms with Gasteiger partial charge in [0, 0.05) is 17.3 Å². The van der Waals surface area contributed by atoms with Crippen LogP contribution < -0.4 is 4.74 Å². The summed E-state index contributed by atoms with van der Waals surface area (Å²) in [6.07, 6.45) is 1.69. The summed E-state index contributed by atoms with van der Waals surface area (Å²) in [5, 5.41) is 9.50. The second-order valence-electron chi connectivity index (χ2n) is 3.44. The highest BCUT2D eigenvalue weighted by atomic mass is 35.5. The molecule has 0 unspecified atom stereocenters. The predicted octanol–water partition coefficient (Wildman–Crippen LogP) is 3.71. The van der Waals surface area contributed by atoms with E-state index in [9.17, 15) is 0 Å². The van der Waals surface area contributed by atoms with E-state index in [1.54, 1.807) is 36.5 Å². The van der Waals surface area contributed by atoms with E-state index in [2.05, 4.69) is 11.1 Å². The van der Waals surface area contributed by atoms with Crippen molar-refractivity contribution in [1.29, 1.82) is 5.26 Å². The van der Waals surface area contributed by atoms with Crippen molar-refractivity contribution < 1.29 is 4.74 Å². The number of hydrogen-bond donors (Lipinski definition) is 0. The summed E-state index contributed by atoms with van der Waals surface area (Å²) in [7, 11) is 0. The molecule has 0 aliphatic carbocycles. The molecule has 0 amide bonds. The van der Waals surface area contributed by atoms with Crippen LogP contribution in [-0.2, 0) is 0 Å². The van der Waals surface area contributed by atoms with Crippen LogP contribution in [0.5, 0.6) is 11.5 Å². The summed E-state index contributed by atoms with van der Waals surface area (Å²) < 4.78 is 5.64. The number of nitrogens with zero attached hydrogens (tertiary/aromatic N) is 2. The van der Waals surface area contributed by atoms with E-state index < -0.39 is 0 Å². The monoisotopic (exact) mass is 244 g/mol. The lowest BCUT2D eigenvalue weighted by Gasteiger charge is -2.09. The summed E-state index contributed by atoms with van der Waals surface area (Å²) in [6, 6.07) is 10.5. The average molecular weight is 245 g/mol. The van der Waals surface area contributed by atoms with Gasteiger partial charge in [-0.2, -0.15) is 5.26 Å². The van der Waals surface area contributed by atoms with Crippen LogP contribution in [0.3, 0.4) is 0 Å². The van der Waals surface area contributed by atoms with Gasteiger partial charge in [-0.25, -0.2) is 0 Å². The molecule has 0 bridgehead atoms. The fourth-order valence-electron chi connectivity index (χ4n) is 1.37. The molecule has 1 aromatic carbocycles. The van der Waals surface area contributed by atoms with Gasteiger partial charge in [0.1, 0.15) is 17.6 Å². The Kier molecular flexibility index (Phi) is 3.27. The number of aryl methyl sites for hydroxylation is 1. The van der Waals surface area contributed by atoms with E-state index in [0.29, 0.717) is 22.1 Å². The normalized spacial score (nSPS) is 9.71. The van der Waals surface area contributed by atoms with Gasteiger partial charge in [-0.1, -0.05) is 11.6 Å². The number of hydrogen-bond acceptors (Lipinski definition) is 3. The van der Waals surface area contributed by atoms with Gasteiger partial charge < -0.3 is 4.74 Å². The van der Waals surface area contributed by atoms with E-state index in [1.165, 1.54) is 0 Å². The number of rotatable bonds is 2. The molecule has 0 aliphatic heterocycles. The quantitative estimate of drug-likeness (QED) is 0.809. The predicted molar refractivity (Wildman–Crippen MR) is 65.2 cm³/mol. The van der Waals surface area contributed by atoms with E-state index in [-0.39, 0.29) is 0 Å². The molecule has 2 rings (SSSR count). The van der Waals surface area contributed by atoms with Crippen molar-refractivity contribution in [3.8, 4) is 17.6 Å². The SMILES string of the molecule is Cc1ncccc1Oc1cc(Cl)ccc1C#N. The van der Waals surface area contributed by atoms with Crippen LogP contribution >= 0.6 is 11.6 Å². The molecule has 4 heteroatoms. The molecule has 3 nitrogen and oxygen atoms in total.